The zero-order valence-electron chi connectivity index (χ0n) is 15.4. The third-order valence-electron chi connectivity index (χ3n) is 5.45. The van der Waals surface area contributed by atoms with Crippen LogP contribution in [0.4, 0.5) is 0 Å². The van der Waals surface area contributed by atoms with Crippen LogP contribution < -0.4 is 0 Å². The van der Waals surface area contributed by atoms with Crippen molar-refractivity contribution in [2.45, 2.75) is 57.8 Å². The molecule has 2 fully saturated rings. The van der Waals surface area contributed by atoms with Gasteiger partial charge in [-0.15, -0.1) is 0 Å². The molecule has 0 spiro atoms. The van der Waals surface area contributed by atoms with E-state index in [4.69, 9.17) is 9.47 Å². The molecule has 26 heavy (non-hydrogen) atoms. The van der Waals surface area contributed by atoms with Gasteiger partial charge < -0.3 is 14.4 Å². The Kier molecular flexibility index (Phi) is 5.30. The summed E-state index contributed by atoms with van der Waals surface area (Å²) in [5, 5.41) is 0. The first-order valence-corrected chi connectivity index (χ1v) is 9.05. The van der Waals surface area contributed by atoms with Gasteiger partial charge in [0.15, 0.2) is 6.10 Å². The van der Waals surface area contributed by atoms with E-state index in [9.17, 15) is 14.4 Å². The second kappa shape index (κ2) is 7.48. The van der Waals surface area contributed by atoms with Gasteiger partial charge in [0.05, 0.1) is 6.04 Å². The van der Waals surface area contributed by atoms with Crippen molar-refractivity contribution in [3.8, 4) is 0 Å². The first-order valence-electron chi connectivity index (χ1n) is 9.05. The summed E-state index contributed by atoms with van der Waals surface area (Å²) in [4.78, 5) is 37.3. The second-order valence-corrected chi connectivity index (χ2v) is 7.14. The van der Waals surface area contributed by atoms with Gasteiger partial charge in [-0.05, 0) is 24.3 Å². The average Bonchev–Trinajstić information content (AvgIpc) is 2.97. The van der Waals surface area contributed by atoms with Gasteiger partial charge in [0.2, 0.25) is 5.91 Å². The Morgan fingerprint density at radius 3 is 2.19 bits per heavy atom. The van der Waals surface area contributed by atoms with Crippen LogP contribution in [0.5, 0.6) is 0 Å². The van der Waals surface area contributed by atoms with E-state index in [2.05, 4.69) is 12.1 Å². The highest BCUT2D eigenvalue weighted by Gasteiger charge is 2.54. The van der Waals surface area contributed by atoms with Crippen LogP contribution in [0, 0.1) is 5.92 Å². The number of fused-ring (bicyclic) bond motifs is 1. The smallest absolute Gasteiger partial charge is 0.303 e. The lowest BCUT2D eigenvalue weighted by atomic mass is 9.74. The van der Waals surface area contributed by atoms with Crippen molar-refractivity contribution in [2.75, 3.05) is 6.54 Å². The lowest BCUT2D eigenvalue weighted by molar-refractivity contribution is -0.178. The van der Waals surface area contributed by atoms with E-state index in [0.29, 0.717) is 13.0 Å². The Morgan fingerprint density at radius 1 is 0.962 bits per heavy atom. The standard InChI is InChI=1S/C20H25NO5/c1-12(22)21-11-17(15-7-5-4-6-8-15)16-9-10-18(25-13(2)23)20(19(16)21)26-14(3)24/h4-8,16-20H,9-11H2,1-3H3/t16-,17+,18-,19-,20-/m0/s1. The van der Waals surface area contributed by atoms with Gasteiger partial charge in [-0.3, -0.25) is 14.4 Å². The zero-order chi connectivity index (χ0) is 18.8. The highest BCUT2D eigenvalue weighted by molar-refractivity contribution is 5.75. The number of rotatable bonds is 3. The van der Waals surface area contributed by atoms with Gasteiger partial charge in [0.1, 0.15) is 6.10 Å². The molecule has 140 valence electrons. The Hall–Kier alpha value is -2.37. The van der Waals surface area contributed by atoms with Crippen molar-refractivity contribution in [2.24, 2.45) is 5.92 Å². The molecule has 1 heterocycles. The van der Waals surface area contributed by atoms with E-state index >= 15 is 0 Å². The van der Waals surface area contributed by atoms with Crippen molar-refractivity contribution in [1.82, 2.24) is 4.90 Å². The number of nitrogens with zero attached hydrogens (tertiary/aromatic N) is 1. The monoisotopic (exact) mass is 359 g/mol. The molecule has 6 nitrogen and oxygen atoms in total. The van der Waals surface area contributed by atoms with Crippen LogP contribution in [0.3, 0.4) is 0 Å². The van der Waals surface area contributed by atoms with Gasteiger partial charge in [-0.2, -0.15) is 0 Å². The molecule has 0 bridgehead atoms. The largest absolute Gasteiger partial charge is 0.459 e. The Bertz CT molecular complexity index is 689. The molecular weight excluding hydrogens is 334 g/mol. The fourth-order valence-corrected chi connectivity index (χ4v) is 4.54. The quantitative estimate of drug-likeness (QED) is 0.774. The predicted octanol–water partition coefficient (Wildman–Crippen LogP) is 2.27. The topological polar surface area (TPSA) is 72.9 Å². The summed E-state index contributed by atoms with van der Waals surface area (Å²) in [6.45, 7) is 4.81. The minimum atomic E-state index is -0.632. The molecule has 5 atom stereocenters. The summed E-state index contributed by atoms with van der Waals surface area (Å²) in [6.07, 6.45) is 0.277. The van der Waals surface area contributed by atoms with Crippen molar-refractivity contribution >= 4 is 17.8 Å². The molecule has 1 aromatic carbocycles. The minimum absolute atomic E-state index is 0.0564. The number of amides is 1. The number of hydrogen-bond donors (Lipinski definition) is 0. The summed E-state index contributed by atoms with van der Waals surface area (Å²) in [5.74, 6) is -0.546. The molecule has 1 saturated heterocycles. The molecular formula is C20H25NO5. The number of likely N-dealkylation sites (tertiary alicyclic amines) is 1. The molecule has 3 rings (SSSR count). The normalized spacial score (nSPS) is 30.4. The third kappa shape index (κ3) is 3.59. The molecule has 6 heteroatoms. The number of carbonyl (C=O) groups is 3. The first-order chi connectivity index (χ1) is 12.4. The maximum absolute atomic E-state index is 12.3. The summed E-state index contributed by atoms with van der Waals surface area (Å²) in [6, 6.07) is 9.83. The van der Waals surface area contributed by atoms with Crippen LogP contribution in [0.2, 0.25) is 0 Å². The van der Waals surface area contributed by atoms with E-state index in [0.717, 1.165) is 6.42 Å². The summed E-state index contributed by atoms with van der Waals surface area (Å²) in [5.41, 5.74) is 1.18. The predicted molar refractivity (Wildman–Crippen MR) is 94.2 cm³/mol. The molecule has 1 aliphatic heterocycles. The average molecular weight is 359 g/mol. The molecule has 0 N–H and O–H groups in total. The van der Waals surface area contributed by atoms with E-state index < -0.39 is 24.1 Å². The zero-order valence-corrected chi connectivity index (χ0v) is 15.4. The molecule has 1 amide bonds. The maximum Gasteiger partial charge on any atom is 0.303 e. The Morgan fingerprint density at radius 2 is 1.62 bits per heavy atom. The lowest BCUT2D eigenvalue weighted by Gasteiger charge is -2.42. The number of benzene rings is 1. The van der Waals surface area contributed by atoms with Crippen molar-refractivity contribution < 1.29 is 23.9 Å². The third-order valence-corrected chi connectivity index (χ3v) is 5.45. The number of hydrogen-bond acceptors (Lipinski definition) is 5. The van der Waals surface area contributed by atoms with E-state index in [1.54, 1.807) is 4.90 Å². The molecule has 1 aliphatic carbocycles. The van der Waals surface area contributed by atoms with Crippen LogP contribution in [-0.2, 0) is 23.9 Å². The van der Waals surface area contributed by atoms with Crippen molar-refractivity contribution in [3.63, 3.8) is 0 Å². The SMILES string of the molecule is CC(=O)O[C@@H]1[C@@H]2[C@@H](CC[C@@H]1OC(C)=O)[C@@H](c1ccccc1)CN2C(C)=O. The Balaban J connectivity index is 1.95. The van der Waals surface area contributed by atoms with Crippen molar-refractivity contribution in [3.05, 3.63) is 35.9 Å². The van der Waals surface area contributed by atoms with Gasteiger partial charge >= 0.3 is 11.9 Å². The summed E-state index contributed by atoms with van der Waals surface area (Å²) >= 11 is 0. The van der Waals surface area contributed by atoms with Crippen molar-refractivity contribution in [1.29, 1.82) is 0 Å². The van der Waals surface area contributed by atoms with Gasteiger partial charge in [-0.25, -0.2) is 0 Å². The van der Waals surface area contributed by atoms with Crippen LogP contribution in [-0.4, -0.2) is 47.5 Å². The summed E-state index contributed by atoms with van der Waals surface area (Å²) in [7, 11) is 0. The van der Waals surface area contributed by atoms with Crippen LogP contribution in [0.25, 0.3) is 0 Å². The number of ether oxygens (including phenoxy) is 2. The minimum Gasteiger partial charge on any atom is -0.459 e. The van der Waals surface area contributed by atoms with E-state index in [1.807, 2.05) is 18.2 Å². The van der Waals surface area contributed by atoms with Crippen LogP contribution in [0.1, 0.15) is 45.1 Å². The van der Waals surface area contributed by atoms with E-state index in [1.165, 1.54) is 26.3 Å². The van der Waals surface area contributed by atoms with Gasteiger partial charge in [0, 0.05) is 33.2 Å². The molecule has 1 aromatic rings. The highest BCUT2D eigenvalue weighted by Crippen LogP contribution is 2.46. The lowest BCUT2D eigenvalue weighted by Crippen LogP contribution is -2.55. The van der Waals surface area contributed by atoms with E-state index in [-0.39, 0.29) is 23.8 Å². The number of esters is 2. The first kappa shape index (κ1) is 18.4. The maximum atomic E-state index is 12.3. The molecule has 0 radical (unpaired) electrons. The fourth-order valence-electron chi connectivity index (χ4n) is 4.54. The fraction of sp³-hybridized carbons (Fsp3) is 0.550. The van der Waals surface area contributed by atoms with Gasteiger partial charge in [0.25, 0.3) is 0 Å². The molecule has 2 aliphatic rings. The van der Waals surface area contributed by atoms with Crippen LogP contribution in [0.15, 0.2) is 30.3 Å². The second-order valence-electron chi connectivity index (χ2n) is 7.14. The Labute approximate surface area is 153 Å². The molecule has 0 aromatic heterocycles. The molecule has 0 unspecified atom stereocenters. The highest BCUT2D eigenvalue weighted by atomic mass is 16.6. The van der Waals surface area contributed by atoms with Gasteiger partial charge in [-0.1, -0.05) is 30.3 Å². The van der Waals surface area contributed by atoms with Crippen LogP contribution >= 0.6 is 0 Å². The summed E-state index contributed by atoms with van der Waals surface area (Å²) < 4.78 is 11.0. The molecule has 1 saturated carbocycles. The number of carbonyl (C=O) groups excluding carboxylic acids is 3.